The number of anilines is 1. The van der Waals surface area contributed by atoms with E-state index in [9.17, 15) is 9.18 Å². The molecule has 0 saturated carbocycles. The number of thioether (sulfide) groups is 1. The van der Waals surface area contributed by atoms with E-state index in [4.69, 9.17) is 11.6 Å². The average Bonchev–Trinajstić information content (AvgIpc) is 2.67. The van der Waals surface area contributed by atoms with E-state index < -0.39 is 0 Å². The van der Waals surface area contributed by atoms with Crippen LogP contribution in [-0.4, -0.2) is 42.2 Å². The van der Waals surface area contributed by atoms with Gasteiger partial charge in [-0.25, -0.2) is 4.39 Å². The Morgan fingerprint density at radius 3 is 2.46 bits per heavy atom. The SMILES string of the molecule is CC(SCc1c(F)cccc1Cl)C(=O)N1CCN(c2ccccc2)CC1. The predicted octanol–water partition coefficient (Wildman–Crippen LogP) is 4.45. The van der Waals surface area contributed by atoms with Crippen LogP contribution < -0.4 is 4.90 Å². The molecule has 6 heteroatoms. The van der Waals surface area contributed by atoms with Gasteiger partial charge in [0.15, 0.2) is 0 Å². The van der Waals surface area contributed by atoms with Crippen LogP contribution >= 0.6 is 23.4 Å². The number of hydrogen-bond donors (Lipinski definition) is 0. The van der Waals surface area contributed by atoms with Gasteiger partial charge in [-0.1, -0.05) is 35.9 Å². The number of halogens is 2. The number of rotatable bonds is 5. The lowest BCUT2D eigenvalue weighted by Gasteiger charge is -2.37. The van der Waals surface area contributed by atoms with Crippen molar-refractivity contribution in [2.45, 2.75) is 17.9 Å². The molecular formula is C20H22ClFN2OS. The molecular weight excluding hydrogens is 371 g/mol. The van der Waals surface area contributed by atoms with Crippen molar-refractivity contribution >= 4 is 35.0 Å². The third-order valence-electron chi connectivity index (χ3n) is 4.60. The quantitative estimate of drug-likeness (QED) is 0.751. The molecule has 0 radical (unpaired) electrons. The number of amides is 1. The Hall–Kier alpha value is -1.72. The second-order valence-electron chi connectivity index (χ2n) is 6.30. The molecule has 1 unspecified atom stereocenters. The Labute approximate surface area is 163 Å². The van der Waals surface area contributed by atoms with Gasteiger partial charge >= 0.3 is 0 Å². The van der Waals surface area contributed by atoms with Crippen LogP contribution in [-0.2, 0) is 10.5 Å². The lowest BCUT2D eigenvalue weighted by molar-refractivity contribution is -0.130. The largest absolute Gasteiger partial charge is 0.368 e. The van der Waals surface area contributed by atoms with Gasteiger partial charge in [0, 0.05) is 48.2 Å². The van der Waals surface area contributed by atoms with E-state index in [-0.39, 0.29) is 17.0 Å². The molecule has 26 heavy (non-hydrogen) atoms. The van der Waals surface area contributed by atoms with E-state index in [2.05, 4.69) is 17.0 Å². The Kier molecular flexibility index (Phi) is 6.43. The van der Waals surface area contributed by atoms with Gasteiger partial charge in [-0.3, -0.25) is 4.79 Å². The minimum absolute atomic E-state index is 0.107. The maximum Gasteiger partial charge on any atom is 0.235 e. The highest BCUT2D eigenvalue weighted by Crippen LogP contribution is 2.27. The van der Waals surface area contributed by atoms with Crippen molar-refractivity contribution < 1.29 is 9.18 Å². The molecule has 3 rings (SSSR count). The number of hydrogen-bond acceptors (Lipinski definition) is 3. The summed E-state index contributed by atoms with van der Waals surface area (Å²) in [6.45, 7) is 4.95. The van der Waals surface area contributed by atoms with E-state index in [0.717, 1.165) is 13.1 Å². The highest BCUT2D eigenvalue weighted by Gasteiger charge is 2.25. The fourth-order valence-electron chi connectivity index (χ4n) is 3.03. The summed E-state index contributed by atoms with van der Waals surface area (Å²) >= 11 is 7.49. The van der Waals surface area contributed by atoms with Crippen LogP contribution in [0.1, 0.15) is 12.5 Å². The normalized spacial score (nSPS) is 15.8. The van der Waals surface area contributed by atoms with Crippen molar-refractivity contribution in [1.29, 1.82) is 0 Å². The van der Waals surface area contributed by atoms with Crippen molar-refractivity contribution in [3.8, 4) is 0 Å². The summed E-state index contributed by atoms with van der Waals surface area (Å²) in [6.07, 6.45) is 0. The van der Waals surface area contributed by atoms with Gasteiger partial charge in [0.25, 0.3) is 0 Å². The molecule has 2 aromatic carbocycles. The number of piperazine rings is 1. The fraction of sp³-hybridized carbons (Fsp3) is 0.350. The van der Waals surface area contributed by atoms with Gasteiger partial charge in [-0.05, 0) is 31.2 Å². The summed E-state index contributed by atoms with van der Waals surface area (Å²) < 4.78 is 13.9. The maximum atomic E-state index is 13.9. The zero-order valence-corrected chi connectivity index (χ0v) is 16.3. The molecule has 1 atom stereocenters. The van der Waals surface area contributed by atoms with Gasteiger partial charge < -0.3 is 9.80 Å². The molecule has 1 fully saturated rings. The lowest BCUT2D eigenvalue weighted by atomic mass is 10.2. The molecule has 1 heterocycles. The second-order valence-corrected chi connectivity index (χ2v) is 8.04. The van der Waals surface area contributed by atoms with Gasteiger partial charge in [0.05, 0.1) is 5.25 Å². The van der Waals surface area contributed by atoms with Gasteiger partial charge in [0.2, 0.25) is 5.91 Å². The molecule has 2 aromatic rings. The Balaban J connectivity index is 1.52. The Morgan fingerprint density at radius 2 is 1.81 bits per heavy atom. The van der Waals surface area contributed by atoms with E-state index in [1.54, 1.807) is 12.1 Å². The molecule has 0 bridgehead atoms. The van der Waals surface area contributed by atoms with Crippen LogP contribution in [0.15, 0.2) is 48.5 Å². The molecule has 1 aliphatic rings. The summed E-state index contributed by atoms with van der Waals surface area (Å²) in [5, 5.41) is 0.183. The van der Waals surface area contributed by atoms with Crippen molar-refractivity contribution in [2.75, 3.05) is 31.1 Å². The third kappa shape index (κ3) is 4.51. The predicted molar refractivity (Wildman–Crippen MR) is 107 cm³/mol. The molecule has 1 saturated heterocycles. The fourth-order valence-corrected chi connectivity index (χ4v) is 4.34. The summed E-state index contributed by atoms with van der Waals surface area (Å²) in [5.74, 6) is 0.180. The lowest BCUT2D eigenvalue weighted by Crippen LogP contribution is -2.50. The van der Waals surface area contributed by atoms with Crippen molar-refractivity contribution in [2.24, 2.45) is 0 Å². The van der Waals surface area contributed by atoms with Crippen LogP contribution in [0.5, 0.6) is 0 Å². The van der Waals surface area contributed by atoms with E-state index in [1.807, 2.05) is 30.0 Å². The highest BCUT2D eigenvalue weighted by atomic mass is 35.5. The first-order valence-corrected chi connectivity index (χ1v) is 10.1. The number of benzene rings is 2. The second kappa shape index (κ2) is 8.78. The standard InChI is InChI=1S/C20H22ClFN2OS/c1-15(26-14-17-18(21)8-5-9-19(17)22)20(25)24-12-10-23(11-13-24)16-6-3-2-4-7-16/h2-9,15H,10-14H2,1H3. The molecule has 138 valence electrons. The first-order chi connectivity index (χ1) is 12.6. The van der Waals surface area contributed by atoms with Crippen molar-refractivity contribution in [1.82, 2.24) is 4.90 Å². The van der Waals surface area contributed by atoms with Gasteiger partial charge in [-0.15, -0.1) is 11.8 Å². The van der Waals surface area contributed by atoms with E-state index in [0.29, 0.717) is 29.4 Å². The van der Waals surface area contributed by atoms with Crippen LogP contribution in [0.3, 0.4) is 0 Å². The topological polar surface area (TPSA) is 23.6 Å². The molecule has 0 aromatic heterocycles. The number of para-hydroxylation sites is 1. The Morgan fingerprint density at radius 1 is 1.12 bits per heavy atom. The summed E-state index contributed by atoms with van der Waals surface area (Å²) in [4.78, 5) is 16.9. The molecule has 1 amide bonds. The van der Waals surface area contributed by atoms with Crippen molar-refractivity contribution in [3.63, 3.8) is 0 Å². The van der Waals surface area contributed by atoms with E-state index >= 15 is 0 Å². The minimum Gasteiger partial charge on any atom is -0.368 e. The summed E-state index contributed by atoms with van der Waals surface area (Å²) in [5.41, 5.74) is 1.66. The Bertz CT molecular complexity index is 730. The molecule has 0 spiro atoms. The summed E-state index contributed by atoms with van der Waals surface area (Å²) in [7, 11) is 0. The number of carbonyl (C=O) groups excluding carboxylic acids is 1. The first kappa shape index (κ1) is 19.1. The number of nitrogens with zero attached hydrogens (tertiary/aromatic N) is 2. The third-order valence-corrected chi connectivity index (χ3v) is 6.11. The number of carbonyl (C=O) groups is 1. The molecule has 0 aliphatic carbocycles. The maximum absolute atomic E-state index is 13.9. The average molecular weight is 393 g/mol. The van der Waals surface area contributed by atoms with Crippen LogP contribution in [0.2, 0.25) is 5.02 Å². The summed E-state index contributed by atoms with van der Waals surface area (Å²) in [6, 6.07) is 14.9. The van der Waals surface area contributed by atoms with Gasteiger partial charge in [-0.2, -0.15) is 0 Å². The zero-order valence-electron chi connectivity index (χ0n) is 14.7. The van der Waals surface area contributed by atoms with Gasteiger partial charge in [0.1, 0.15) is 5.82 Å². The van der Waals surface area contributed by atoms with E-state index in [1.165, 1.54) is 23.5 Å². The smallest absolute Gasteiger partial charge is 0.235 e. The molecule has 3 nitrogen and oxygen atoms in total. The monoisotopic (exact) mass is 392 g/mol. The van der Waals surface area contributed by atoms with Crippen molar-refractivity contribution in [3.05, 3.63) is 64.9 Å². The van der Waals surface area contributed by atoms with Crippen LogP contribution in [0.4, 0.5) is 10.1 Å². The zero-order chi connectivity index (χ0) is 18.5. The molecule has 1 aliphatic heterocycles. The first-order valence-electron chi connectivity index (χ1n) is 8.69. The molecule has 0 N–H and O–H groups in total. The van der Waals surface area contributed by atoms with Crippen LogP contribution in [0.25, 0.3) is 0 Å². The minimum atomic E-state index is -0.318. The van der Waals surface area contributed by atoms with Crippen LogP contribution in [0, 0.1) is 5.82 Å². The highest BCUT2D eigenvalue weighted by molar-refractivity contribution is 7.99.